The largest absolute Gasteiger partial charge is 0.313 e. The minimum absolute atomic E-state index is 0.0137. The molecule has 0 atom stereocenters. The predicted molar refractivity (Wildman–Crippen MR) is 67.7 cm³/mol. The Morgan fingerprint density at radius 3 is 2.56 bits per heavy atom. The van der Waals surface area contributed by atoms with Gasteiger partial charge in [0.2, 0.25) is 10.0 Å². The lowest BCUT2D eigenvalue weighted by molar-refractivity contribution is 0.595. The Bertz CT molecular complexity index is 527. The van der Waals surface area contributed by atoms with E-state index in [0.717, 1.165) is 12.8 Å². The molecule has 0 aliphatic heterocycles. The van der Waals surface area contributed by atoms with Crippen molar-refractivity contribution in [1.82, 2.24) is 20.5 Å². The molecule has 1 aliphatic rings. The maximum Gasteiger partial charge on any atom is 0.256 e. The van der Waals surface area contributed by atoms with E-state index in [0.29, 0.717) is 24.0 Å². The number of nitrogens with zero attached hydrogens (tertiary/aromatic N) is 3. The lowest BCUT2D eigenvalue weighted by Gasteiger charge is -2.07. The van der Waals surface area contributed by atoms with Gasteiger partial charge in [0.15, 0.2) is 0 Å². The second-order valence-corrected chi connectivity index (χ2v) is 6.30. The molecule has 1 aliphatic carbocycles. The van der Waals surface area contributed by atoms with Gasteiger partial charge < -0.3 is 5.32 Å². The van der Waals surface area contributed by atoms with Crippen LogP contribution >= 0.6 is 0 Å². The number of sulfonamides is 1. The summed E-state index contributed by atoms with van der Waals surface area (Å²) in [5.41, 5.74) is 1.35. The van der Waals surface area contributed by atoms with Crippen molar-refractivity contribution in [1.29, 1.82) is 0 Å². The first-order chi connectivity index (χ1) is 8.46. The summed E-state index contributed by atoms with van der Waals surface area (Å²) in [7, 11) is -3.41. The summed E-state index contributed by atoms with van der Waals surface area (Å²) in [6, 6.07) is 0.500. The van der Waals surface area contributed by atoms with Crippen LogP contribution in [0.15, 0.2) is 0 Å². The number of aromatic nitrogens is 3. The summed E-state index contributed by atoms with van der Waals surface area (Å²) in [5.74, 6) is 0.0456. The van der Waals surface area contributed by atoms with Crippen LogP contribution in [0.4, 0.5) is 5.95 Å². The van der Waals surface area contributed by atoms with Gasteiger partial charge in [-0.05, 0) is 26.7 Å². The summed E-state index contributed by atoms with van der Waals surface area (Å²) in [6.45, 7) is 3.97. The zero-order valence-electron chi connectivity index (χ0n) is 10.5. The van der Waals surface area contributed by atoms with Crippen molar-refractivity contribution in [3.05, 3.63) is 11.4 Å². The van der Waals surface area contributed by atoms with Crippen LogP contribution in [0.3, 0.4) is 0 Å². The Morgan fingerprint density at radius 2 is 1.94 bits per heavy atom. The van der Waals surface area contributed by atoms with Gasteiger partial charge in [0.25, 0.3) is 5.95 Å². The molecule has 1 aromatic rings. The molecule has 0 saturated heterocycles. The molecule has 0 spiro atoms. The molecule has 0 amide bonds. The molecule has 0 radical (unpaired) electrons. The SMILES string of the molecule is Cc1nnc(NS(=O)(=O)CCNC2CC2)nc1C. The van der Waals surface area contributed by atoms with Crippen LogP contribution in [-0.4, -0.2) is 41.9 Å². The second kappa shape index (κ2) is 5.15. The standard InChI is InChI=1S/C10H17N5O2S/c1-7-8(2)13-14-10(12-7)15-18(16,17)6-5-11-9-3-4-9/h9,11H,3-6H2,1-2H3,(H,12,14,15). The van der Waals surface area contributed by atoms with E-state index < -0.39 is 10.0 Å². The van der Waals surface area contributed by atoms with Crippen LogP contribution in [0.5, 0.6) is 0 Å². The maximum atomic E-state index is 11.7. The van der Waals surface area contributed by atoms with Crippen LogP contribution in [0.25, 0.3) is 0 Å². The van der Waals surface area contributed by atoms with E-state index in [-0.39, 0.29) is 11.7 Å². The monoisotopic (exact) mass is 271 g/mol. The Morgan fingerprint density at radius 1 is 1.22 bits per heavy atom. The first kappa shape index (κ1) is 13.2. The molecule has 1 aromatic heterocycles. The normalized spacial score (nSPS) is 15.7. The fraction of sp³-hybridized carbons (Fsp3) is 0.700. The van der Waals surface area contributed by atoms with Gasteiger partial charge in [-0.25, -0.2) is 18.1 Å². The smallest absolute Gasteiger partial charge is 0.256 e. The summed E-state index contributed by atoms with van der Waals surface area (Å²) >= 11 is 0. The fourth-order valence-corrected chi connectivity index (χ4v) is 2.23. The van der Waals surface area contributed by atoms with Crippen LogP contribution in [0, 0.1) is 13.8 Å². The van der Waals surface area contributed by atoms with Gasteiger partial charge in [0, 0.05) is 12.6 Å². The molecular weight excluding hydrogens is 254 g/mol. The van der Waals surface area contributed by atoms with Gasteiger partial charge in [-0.1, -0.05) is 0 Å². The van der Waals surface area contributed by atoms with Gasteiger partial charge in [0.1, 0.15) is 0 Å². The van der Waals surface area contributed by atoms with Gasteiger partial charge in [-0.3, -0.25) is 0 Å². The number of aryl methyl sites for hydroxylation is 2. The Balaban J connectivity index is 1.91. The van der Waals surface area contributed by atoms with Crippen molar-refractivity contribution in [3.63, 3.8) is 0 Å². The highest BCUT2D eigenvalue weighted by atomic mass is 32.2. The van der Waals surface area contributed by atoms with Crippen molar-refractivity contribution in [2.75, 3.05) is 17.0 Å². The van der Waals surface area contributed by atoms with Gasteiger partial charge in [-0.2, -0.15) is 5.10 Å². The average Bonchev–Trinajstić information content (AvgIpc) is 3.07. The minimum atomic E-state index is -3.41. The highest BCUT2D eigenvalue weighted by molar-refractivity contribution is 7.92. The number of hydrogen-bond acceptors (Lipinski definition) is 6. The van der Waals surface area contributed by atoms with Crippen molar-refractivity contribution < 1.29 is 8.42 Å². The Kier molecular flexibility index (Phi) is 3.76. The zero-order chi connectivity index (χ0) is 13.2. The van der Waals surface area contributed by atoms with Crippen molar-refractivity contribution in [2.24, 2.45) is 0 Å². The Hall–Kier alpha value is -1.28. The fourth-order valence-electron chi connectivity index (χ4n) is 1.38. The summed E-state index contributed by atoms with van der Waals surface area (Å²) < 4.78 is 25.8. The van der Waals surface area contributed by atoms with Crippen LogP contribution in [0.2, 0.25) is 0 Å². The molecule has 2 N–H and O–H groups in total. The molecule has 18 heavy (non-hydrogen) atoms. The zero-order valence-corrected chi connectivity index (χ0v) is 11.3. The molecule has 1 heterocycles. The van der Waals surface area contributed by atoms with Gasteiger partial charge >= 0.3 is 0 Å². The van der Waals surface area contributed by atoms with Crippen molar-refractivity contribution in [2.45, 2.75) is 32.7 Å². The van der Waals surface area contributed by atoms with E-state index in [2.05, 4.69) is 25.2 Å². The molecule has 1 fully saturated rings. The third-order valence-corrected chi connectivity index (χ3v) is 3.96. The highest BCUT2D eigenvalue weighted by Crippen LogP contribution is 2.18. The topological polar surface area (TPSA) is 96.9 Å². The van der Waals surface area contributed by atoms with E-state index in [1.165, 1.54) is 0 Å². The third-order valence-electron chi connectivity index (χ3n) is 2.72. The summed E-state index contributed by atoms with van der Waals surface area (Å²) in [5, 5.41) is 10.7. The number of rotatable bonds is 6. The quantitative estimate of drug-likeness (QED) is 0.755. The predicted octanol–water partition coefficient (Wildman–Crippen LogP) is -0.0179. The molecule has 0 bridgehead atoms. The third kappa shape index (κ3) is 3.88. The lowest BCUT2D eigenvalue weighted by Crippen LogP contribution is -2.28. The van der Waals surface area contributed by atoms with E-state index >= 15 is 0 Å². The first-order valence-corrected chi connectivity index (χ1v) is 7.53. The average molecular weight is 271 g/mol. The van der Waals surface area contributed by atoms with Crippen LogP contribution in [0.1, 0.15) is 24.2 Å². The van der Waals surface area contributed by atoms with E-state index in [4.69, 9.17) is 0 Å². The molecule has 2 rings (SSSR count). The number of anilines is 1. The molecular formula is C10H17N5O2S. The lowest BCUT2D eigenvalue weighted by atomic mass is 10.4. The summed E-state index contributed by atoms with van der Waals surface area (Å²) in [6.07, 6.45) is 2.27. The molecule has 1 saturated carbocycles. The van der Waals surface area contributed by atoms with Crippen LogP contribution in [-0.2, 0) is 10.0 Å². The van der Waals surface area contributed by atoms with E-state index in [1.807, 2.05) is 0 Å². The first-order valence-electron chi connectivity index (χ1n) is 5.88. The number of nitrogens with one attached hydrogen (secondary N) is 2. The molecule has 100 valence electrons. The van der Waals surface area contributed by atoms with Gasteiger partial charge in [-0.15, -0.1) is 5.10 Å². The summed E-state index contributed by atoms with van der Waals surface area (Å²) in [4.78, 5) is 4.03. The van der Waals surface area contributed by atoms with Crippen LogP contribution < -0.4 is 10.0 Å². The second-order valence-electron chi connectivity index (χ2n) is 4.46. The van der Waals surface area contributed by atoms with Gasteiger partial charge in [0.05, 0.1) is 17.1 Å². The molecule has 0 aromatic carbocycles. The molecule has 0 unspecified atom stereocenters. The maximum absolute atomic E-state index is 11.7. The molecule has 8 heteroatoms. The Labute approximate surface area is 106 Å². The van der Waals surface area contributed by atoms with E-state index in [1.54, 1.807) is 13.8 Å². The highest BCUT2D eigenvalue weighted by Gasteiger charge is 2.21. The van der Waals surface area contributed by atoms with Crippen molar-refractivity contribution >= 4 is 16.0 Å². The van der Waals surface area contributed by atoms with E-state index in [9.17, 15) is 8.42 Å². The number of hydrogen-bond donors (Lipinski definition) is 2. The molecule has 7 nitrogen and oxygen atoms in total. The minimum Gasteiger partial charge on any atom is -0.313 e. The van der Waals surface area contributed by atoms with Crippen molar-refractivity contribution in [3.8, 4) is 0 Å².